The number of rotatable bonds is 3. The molecule has 2 fully saturated rings. The van der Waals surface area contributed by atoms with Gasteiger partial charge in [0.1, 0.15) is 0 Å². The lowest BCUT2D eigenvalue weighted by Crippen LogP contribution is -2.52. The minimum absolute atomic E-state index is 0.000793. The molecule has 0 saturated heterocycles. The van der Waals surface area contributed by atoms with Gasteiger partial charge in [-0.1, -0.05) is 32.9 Å². The van der Waals surface area contributed by atoms with Crippen molar-refractivity contribution >= 4 is 26.0 Å². The van der Waals surface area contributed by atoms with Gasteiger partial charge in [0.15, 0.2) is 0 Å². The van der Waals surface area contributed by atoms with Crippen LogP contribution in [0.25, 0.3) is 0 Å². The van der Waals surface area contributed by atoms with Crippen molar-refractivity contribution in [3.05, 3.63) is 28.7 Å². The minimum atomic E-state index is -3.50. The summed E-state index contributed by atoms with van der Waals surface area (Å²) in [5, 5.41) is 0. The smallest absolute Gasteiger partial charge is 0.207 e. The SMILES string of the molecule is CC12CCC(C1)C(C)(C)C2NS(=O)(=O)c1ccccc1Br. The van der Waals surface area contributed by atoms with E-state index in [2.05, 4.69) is 41.4 Å². The van der Waals surface area contributed by atoms with Crippen LogP contribution in [-0.2, 0) is 10.0 Å². The molecule has 1 N–H and O–H groups in total. The molecule has 0 radical (unpaired) electrons. The van der Waals surface area contributed by atoms with E-state index in [1.807, 2.05) is 6.07 Å². The van der Waals surface area contributed by atoms with E-state index in [4.69, 9.17) is 0 Å². The third-order valence-electron chi connectivity index (χ3n) is 5.67. The lowest BCUT2D eigenvalue weighted by Gasteiger charge is -2.42. The van der Waals surface area contributed by atoms with Gasteiger partial charge in [-0.05, 0) is 64.1 Å². The largest absolute Gasteiger partial charge is 0.241 e. The van der Waals surface area contributed by atoms with Crippen molar-refractivity contribution in [2.75, 3.05) is 0 Å². The Labute approximate surface area is 135 Å². The predicted octanol–water partition coefficient (Wildman–Crippen LogP) is 3.94. The zero-order valence-electron chi connectivity index (χ0n) is 12.7. The molecule has 21 heavy (non-hydrogen) atoms. The van der Waals surface area contributed by atoms with Gasteiger partial charge in [0.25, 0.3) is 0 Å². The van der Waals surface area contributed by atoms with E-state index in [1.54, 1.807) is 18.2 Å². The summed E-state index contributed by atoms with van der Waals surface area (Å²) in [5.74, 6) is 0.620. The summed E-state index contributed by atoms with van der Waals surface area (Å²) in [6.45, 7) is 6.64. The summed E-state index contributed by atoms with van der Waals surface area (Å²) in [7, 11) is -3.50. The van der Waals surface area contributed by atoms with E-state index in [9.17, 15) is 8.42 Å². The van der Waals surface area contributed by atoms with Crippen LogP contribution in [0.4, 0.5) is 0 Å². The highest BCUT2D eigenvalue weighted by molar-refractivity contribution is 9.10. The fourth-order valence-corrected chi connectivity index (χ4v) is 7.01. The number of halogens is 1. The lowest BCUT2D eigenvalue weighted by atomic mass is 9.69. The molecular weight excluding hydrogens is 350 g/mol. The first-order valence-corrected chi connectivity index (χ1v) is 9.71. The molecule has 2 aliphatic rings. The van der Waals surface area contributed by atoms with E-state index >= 15 is 0 Å². The second-order valence-electron chi connectivity index (χ2n) is 7.40. The van der Waals surface area contributed by atoms with Crippen molar-refractivity contribution in [1.82, 2.24) is 4.72 Å². The van der Waals surface area contributed by atoms with Crippen LogP contribution in [0.5, 0.6) is 0 Å². The minimum Gasteiger partial charge on any atom is -0.207 e. The molecule has 0 amide bonds. The maximum Gasteiger partial charge on any atom is 0.241 e. The Morgan fingerprint density at radius 2 is 1.90 bits per heavy atom. The van der Waals surface area contributed by atoms with Crippen LogP contribution in [0, 0.1) is 16.7 Å². The fourth-order valence-electron chi connectivity index (χ4n) is 4.48. The van der Waals surface area contributed by atoms with Gasteiger partial charge >= 0.3 is 0 Å². The van der Waals surface area contributed by atoms with Crippen molar-refractivity contribution in [2.45, 2.75) is 51.0 Å². The molecule has 116 valence electrons. The summed E-state index contributed by atoms with van der Waals surface area (Å²) in [5.41, 5.74) is 0.101. The normalized spacial score (nSPS) is 34.3. The van der Waals surface area contributed by atoms with E-state index in [1.165, 1.54) is 6.42 Å². The zero-order chi connectivity index (χ0) is 15.5. The summed E-state index contributed by atoms with van der Waals surface area (Å²) < 4.78 is 29.2. The van der Waals surface area contributed by atoms with Crippen LogP contribution < -0.4 is 4.72 Å². The molecule has 5 heteroatoms. The summed E-state index contributed by atoms with van der Waals surface area (Å²) >= 11 is 3.35. The average molecular weight is 372 g/mol. The highest BCUT2D eigenvalue weighted by atomic mass is 79.9. The summed E-state index contributed by atoms with van der Waals surface area (Å²) in [6, 6.07) is 7.00. The van der Waals surface area contributed by atoms with Gasteiger partial charge in [0.2, 0.25) is 10.0 Å². The molecular formula is C16H22BrNO2S. The first kappa shape index (κ1) is 15.5. The van der Waals surface area contributed by atoms with Crippen LogP contribution in [0.1, 0.15) is 40.0 Å². The molecule has 0 aliphatic heterocycles. The highest BCUT2D eigenvalue weighted by Crippen LogP contribution is 2.62. The quantitative estimate of drug-likeness (QED) is 0.874. The molecule has 0 heterocycles. The molecule has 1 aromatic rings. The standard InChI is InChI=1S/C16H22BrNO2S/c1-15(2)11-8-9-16(3,10-11)14(15)18-21(19,20)13-7-5-4-6-12(13)17/h4-7,11,14,18H,8-10H2,1-3H3. The van der Waals surface area contributed by atoms with E-state index in [0.29, 0.717) is 15.3 Å². The maximum atomic E-state index is 12.8. The number of benzene rings is 1. The van der Waals surface area contributed by atoms with Crippen LogP contribution in [0.3, 0.4) is 0 Å². The lowest BCUT2D eigenvalue weighted by molar-refractivity contribution is 0.127. The summed E-state index contributed by atoms with van der Waals surface area (Å²) in [6.07, 6.45) is 3.46. The van der Waals surface area contributed by atoms with E-state index < -0.39 is 10.0 Å². The van der Waals surface area contributed by atoms with E-state index in [-0.39, 0.29) is 16.9 Å². The molecule has 3 rings (SSSR count). The number of fused-ring (bicyclic) bond motifs is 2. The Hall–Kier alpha value is -0.390. The maximum absolute atomic E-state index is 12.8. The topological polar surface area (TPSA) is 46.2 Å². The first-order chi connectivity index (χ1) is 9.67. The second kappa shape index (κ2) is 4.80. The summed E-state index contributed by atoms with van der Waals surface area (Å²) in [4.78, 5) is 0.326. The molecule has 2 saturated carbocycles. The fraction of sp³-hybridized carbons (Fsp3) is 0.625. The van der Waals surface area contributed by atoms with Crippen molar-refractivity contribution in [1.29, 1.82) is 0 Å². The van der Waals surface area contributed by atoms with Crippen LogP contribution >= 0.6 is 15.9 Å². The van der Waals surface area contributed by atoms with Gasteiger partial charge in [-0.25, -0.2) is 13.1 Å². The van der Waals surface area contributed by atoms with E-state index in [0.717, 1.165) is 12.8 Å². The Kier molecular flexibility index (Phi) is 3.54. The number of hydrogen-bond donors (Lipinski definition) is 1. The van der Waals surface area contributed by atoms with Crippen molar-refractivity contribution < 1.29 is 8.42 Å². The molecule has 0 spiro atoms. The van der Waals surface area contributed by atoms with Crippen molar-refractivity contribution in [3.63, 3.8) is 0 Å². The van der Waals surface area contributed by atoms with Gasteiger partial charge in [-0.15, -0.1) is 0 Å². The molecule has 3 nitrogen and oxygen atoms in total. The number of sulfonamides is 1. The molecule has 3 atom stereocenters. The molecule has 2 aliphatic carbocycles. The monoisotopic (exact) mass is 371 g/mol. The highest BCUT2D eigenvalue weighted by Gasteiger charge is 2.60. The molecule has 0 aromatic heterocycles. The predicted molar refractivity (Wildman–Crippen MR) is 87.5 cm³/mol. The number of nitrogens with one attached hydrogen (secondary N) is 1. The molecule has 1 aromatic carbocycles. The van der Waals surface area contributed by atoms with Crippen LogP contribution in [0.15, 0.2) is 33.6 Å². The molecule has 2 bridgehead atoms. The first-order valence-electron chi connectivity index (χ1n) is 7.44. The Morgan fingerprint density at radius 1 is 1.24 bits per heavy atom. The number of hydrogen-bond acceptors (Lipinski definition) is 2. The van der Waals surface area contributed by atoms with Crippen LogP contribution in [0.2, 0.25) is 0 Å². The molecule has 3 unspecified atom stereocenters. The van der Waals surface area contributed by atoms with Gasteiger partial charge in [-0.3, -0.25) is 0 Å². The van der Waals surface area contributed by atoms with Gasteiger partial charge < -0.3 is 0 Å². The zero-order valence-corrected chi connectivity index (χ0v) is 15.1. The van der Waals surface area contributed by atoms with Gasteiger partial charge in [0.05, 0.1) is 4.90 Å². The van der Waals surface area contributed by atoms with Crippen molar-refractivity contribution in [2.24, 2.45) is 16.7 Å². The Balaban J connectivity index is 1.95. The Morgan fingerprint density at radius 3 is 2.48 bits per heavy atom. The van der Waals surface area contributed by atoms with Crippen molar-refractivity contribution in [3.8, 4) is 0 Å². The Bertz CT molecular complexity index is 666. The van der Waals surface area contributed by atoms with Gasteiger partial charge in [0, 0.05) is 10.5 Å². The average Bonchev–Trinajstić information content (AvgIpc) is 2.86. The second-order valence-corrected chi connectivity index (χ2v) is 9.94. The van der Waals surface area contributed by atoms with Crippen LogP contribution in [-0.4, -0.2) is 14.5 Å². The third kappa shape index (κ3) is 2.37. The third-order valence-corrected chi connectivity index (χ3v) is 8.10. The van der Waals surface area contributed by atoms with Gasteiger partial charge in [-0.2, -0.15) is 0 Å².